The van der Waals surface area contributed by atoms with Crippen molar-refractivity contribution in [3.8, 4) is 5.75 Å². The van der Waals surface area contributed by atoms with E-state index in [-0.39, 0.29) is 10.0 Å². The van der Waals surface area contributed by atoms with Gasteiger partial charge in [-0.3, -0.25) is 9.59 Å². The maximum Gasteiger partial charge on any atom is 0.573 e. The van der Waals surface area contributed by atoms with Gasteiger partial charge in [-0.1, -0.05) is 15.9 Å². The van der Waals surface area contributed by atoms with Crippen molar-refractivity contribution in [3.63, 3.8) is 0 Å². The van der Waals surface area contributed by atoms with Crippen LogP contribution in [0.15, 0.2) is 22.7 Å². The first-order valence-corrected chi connectivity index (χ1v) is 6.04. The molecular formula is C11H10BrF3N2O3. The highest BCUT2D eigenvalue weighted by Gasteiger charge is 2.31. The lowest BCUT2D eigenvalue weighted by Gasteiger charge is -2.13. The van der Waals surface area contributed by atoms with Gasteiger partial charge in [0.05, 0.1) is 0 Å². The molecule has 110 valence electrons. The van der Waals surface area contributed by atoms with E-state index >= 15 is 0 Å². The molecule has 0 fully saturated rings. The second-order valence-electron chi connectivity index (χ2n) is 3.82. The van der Waals surface area contributed by atoms with Crippen molar-refractivity contribution in [1.82, 2.24) is 5.32 Å². The second kappa shape index (κ2) is 6.12. The molecule has 0 unspecified atom stereocenters. The Bertz CT molecular complexity index is 534. The Labute approximate surface area is 120 Å². The smallest absolute Gasteiger partial charge is 0.406 e. The van der Waals surface area contributed by atoms with Crippen LogP contribution in [0.1, 0.15) is 17.3 Å². The lowest BCUT2D eigenvalue weighted by molar-refractivity contribution is -0.274. The van der Waals surface area contributed by atoms with E-state index in [1.54, 1.807) is 0 Å². The van der Waals surface area contributed by atoms with Gasteiger partial charge in [0.15, 0.2) is 0 Å². The Hall–Kier alpha value is -1.77. The molecule has 0 spiro atoms. The minimum atomic E-state index is -4.87. The summed E-state index contributed by atoms with van der Waals surface area (Å²) in [5.41, 5.74) is 4.86. The summed E-state index contributed by atoms with van der Waals surface area (Å²) in [6.07, 6.45) is -4.87. The predicted molar refractivity (Wildman–Crippen MR) is 66.9 cm³/mol. The molecule has 2 amide bonds. The van der Waals surface area contributed by atoms with Gasteiger partial charge in [0.25, 0.3) is 5.91 Å². The van der Waals surface area contributed by atoms with E-state index in [2.05, 4.69) is 26.0 Å². The summed E-state index contributed by atoms with van der Waals surface area (Å²) in [7, 11) is 0. The van der Waals surface area contributed by atoms with Crippen molar-refractivity contribution >= 4 is 27.7 Å². The Balaban J connectivity index is 2.95. The minimum absolute atomic E-state index is 0.105. The quantitative estimate of drug-likeness (QED) is 0.866. The van der Waals surface area contributed by atoms with Gasteiger partial charge in [0.2, 0.25) is 5.91 Å². The number of hydrogen-bond acceptors (Lipinski definition) is 3. The molecule has 1 rings (SSSR count). The Morgan fingerprint density at radius 2 is 1.95 bits per heavy atom. The lowest BCUT2D eigenvalue weighted by atomic mass is 10.2. The molecule has 0 aliphatic heterocycles. The fraction of sp³-hybridized carbons (Fsp3) is 0.273. The molecule has 0 bridgehead atoms. The average Bonchev–Trinajstić information content (AvgIpc) is 2.25. The topological polar surface area (TPSA) is 81.4 Å². The summed E-state index contributed by atoms with van der Waals surface area (Å²) in [6, 6.07) is 2.29. The molecule has 0 heterocycles. The van der Waals surface area contributed by atoms with E-state index in [1.807, 2.05) is 0 Å². The van der Waals surface area contributed by atoms with Gasteiger partial charge in [-0.05, 0) is 25.1 Å². The second-order valence-corrected chi connectivity index (χ2v) is 4.74. The van der Waals surface area contributed by atoms with Crippen LogP contribution in [0.4, 0.5) is 13.2 Å². The number of hydrogen-bond donors (Lipinski definition) is 2. The molecule has 0 aliphatic carbocycles. The van der Waals surface area contributed by atoms with Crippen molar-refractivity contribution in [1.29, 1.82) is 0 Å². The van der Waals surface area contributed by atoms with E-state index in [4.69, 9.17) is 5.73 Å². The number of primary amides is 1. The Morgan fingerprint density at radius 3 is 2.45 bits per heavy atom. The van der Waals surface area contributed by atoms with Crippen LogP contribution in [0.3, 0.4) is 0 Å². The average molecular weight is 355 g/mol. The van der Waals surface area contributed by atoms with Crippen molar-refractivity contribution in [2.75, 3.05) is 0 Å². The number of carbonyl (C=O) groups is 2. The molecule has 0 aliphatic rings. The third-order valence-electron chi connectivity index (χ3n) is 2.14. The molecule has 0 saturated heterocycles. The van der Waals surface area contributed by atoms with Crippen LogP contribution in [0, 0.1) is 0 Å². The molecule has 0 radical (unpaired) electrons. The van der Waals surface area contributed by atoms with Crippen LogP contribution >= 0.6 is 15.9 Å². The summed E-state index contributed by atoms with van der Waals surface area (Å²) >= 11 is 2.97. The molecule has 0 aromatic heterocycles. The third-order valence-corrected chi connectivity index (χ3v) is 2.60. The summed E-state index contributed by atoms with van der Waals surface area (Å²) in [4.78, 5) is 22.6. The summed E-state index contributed by atoms with van der Waals surface area (Å²) in [5.74, 6) is -2.06. The largest absolute Gasteiger partial charge is 0.573 e. The molecular weight excluding hydrogens is 345 g/mol. The fourth-order valence-corrected chi connectivity index (χ4v) is 1.71. The highest BCUT2D eigenvalue weighted by molar-refractivity contribution is 9.10. The van der Waals surface area contributed by atoms with Gasteiger partial charge in [-0.15, -0.1) is 13.2 Å². The number of halogens is 4. The number of rotatable bonds is 4. The molecule has 3 N–H and O–H groups in total. The maximum absolute atomic E-state index is 12.1. The Kier molecular flexibility index (Phi) is 4.98. The van der Waals surface area contributed by atoms with Gasteiger partial charge in [0.1, 0.15) is 11.8 Å². The molecule has 0 saturated carbocycles. The first kappa shape index (κ1) is 16.3. The van der Waals surface area contributed by atoms with Gasteiger partial charge >= 0.3 is 6.36 Å². The number of benzene rings is 1. The zero-order valence-electron chi connectivity index (χ0n) is 10.1. The highest BCUT2D eigenvalue weighted by Crippen LogP contribution is 2.27. The predicted octanol–water partition coefficient (Wildman–Crippen LogP) is 1.95. The van der Waals surface area contributed by atoms with Crippen LogP contribution in [-0.2, 0) is 4.79 Å². The first-order valence-electron chi connectivity index (χ1n) is 5.25. The third kappa shape index (κ3) is 5.08. The minimum Gasteiger partial charge on any atom is -0.406 e. The lowest BCUT2D eigenvalue weighted by Crippen LogP contribution is -2.42. The molecule has 9 heteroatoms. The van der Waals surface area contributed by atoms with Crippen molar-refractivity contribution in [3.05, 3.63) is 28.2 Å². The van der Waals surface area contributed by atoms with Crippen LogP contribution in [0.25, 0.3) is 0 Å². The molecule has 1 atom stereocenters. The first-order chi connectivity index (χ1) is 9.08. The highest BCUT2D eigenvalue weighted by atomic mass is 79.9. The SMILES string of the molecule is C[C@H](NC(=O)c1cc(Br)cc(OC(F)(F)F)c1)C(N)=O. The zero-order chi connectivity index (χ0) is 15.5. The van der Waals surface area contributed by atoms with Crippen molar-refractivity contribution in [2.45, 2.75) is 19.3 Å². The molecule has 1 aromatic rings. The normalized spacial score (nSPS) is 12.7. The van der Waals surface area contributed by atoms with Gasteiger partial charge in [0, 0.05) is 10.0 Å². The summed E-state index contributed by atoms with van der Waals surface area (Å²) < 4.78 is 40.3. The molecule has 20 heavy (non-hydrogen) atoms. The standard InChI is InChI=1S/C11H10BrF3N2O3/c1-5(9(16)18)17-10(19)6-2-7(12)4-8(3-6)20-11(13,14)15/h2-5H,1H3,(H2,16,18)(H,17,19)/t5-/m0/s1. The van der Waals surface area contributed by atoms with E-state index in [1.165, 1.54) is 13.0 Å². The number of alkyl halides is 3. The van der Waals surface area contributed by atoms with Crippen molar-refractivity contribution < 1.29 is 27.5 Å². The molecule has 1 aromatic carbocycles. The van der Waals surface area contributed by atoms with Crippen LogP contribution in [0.5, 0.6) is 5.75 Å². The fourth-order valence-electron chi connectivity index (χ4n) is 1.24. The number of amides is 2. The molecule has 5 nitrogen and oxygen atoms in total. The number of nitrogens with one attached hydrogen (secondary N) is 1. The monoisotopic (exact) mass is 354 g/mol. The van der Waals surface area contributed by atoms with Crippen molar-refractivity contribution in [2.24, 2.45) is 5.73 Å². The van der Waals surface area contributed by atoms with E-state index in [9.17, 15) is 22.8 Å². The number of ether oxygens (including phenoxy) is 1. The van der Waals surface area contributed by atoms with E-state index in [0.717, 1.165) is 12.1 Å². The number of carbonyl (C=O) groups excluding carboxylic acids is 2. The van der Waals surface area contributed by atoms with E-state index in [0.29, 0.717) is 0 Å². The van der Waals surface area contributed by atoms with Gasteiger partial charge < -0.3 is 15.8 Å². The number of nitrogens with two attached hydrogens (primary N) is 1. The summed E-state index contributed by atoms with van der Waals surface area (Å²) in [5, 5.41) is 2.24. The van der Waals surface area contributed by atoms with Gasteiger partial charge in [-0.25, -0.2) is 0 Å². The Morgan fingerprint density at radius 1 is 1.35 bits per heavy atom. The zero-order valence-corrected chi connectivity index (χ0v) is 11.7. The van der Waals surface area contributed by atoms with Gasteiger partial charge in [-0.2, -0.15) is 0 Å². The maximum atomic E-state index is 12.1. The van der Waals surface area contributed by atoms with Crippen LogP contribution in [0.2, 0.25) is 0 Å². The summed E-state index contributed by atoms with van der Waals surface area (Å²) in [6.45, 7) is 1.35. The van der Waals surface area contributed by atoms with Crippen LogP contribution < -0.4 is 15.8 Å². The van der Waals surface area contributed by atoms with Crippen LogP contribution in [-0.4, -0.2) is 24.2 Å². The van der Waals surface area contributed by atoms with E-state index < -0.39 is 30.0 Å².